The molecular weight excluding hydrogens is 362 g/mol. The molecule has 1 amide bonds. The first-order valence-corrected chi connectivity index (χ1v) is 9.80. The molecule has 5 rings (SSSR count). The van der Waals surface area contributed by atoms with Crippen LogP contribution in [0.4, 0.5) is 0 Å². The van der Waals surface area contributed by atoms with Crippen LogP contribution in [0.15, 0.2) is 84.9 Å². The van der Waals surface area contributed by atoms with Crippen LogP contribution in [0.25, 0.3) is 21.5 Å². The number of nitrogens with zero attached hydrogens (tertiary/aromatic N) is 1. The van der Waals surface area contributed by atoms with Crippen molar-refractivity contribution >= 4 is 27.5 Å². The summed E-state index contributed by atoms with van der Waals surface area (Å²) in [4.78, 5) is 19.1. The molecule has 0 unspecified atom stereocenters. The fourth-order valence-corrected chi connectivity index (χ4v) is 3.95. The molecule has 144 valence electrons. The molecule has 4 nitrogen and oxygen atoms in total. The Morgan fingerprint density at radius 3 is 2.10 bits per heavy atom. The number of hydroxylamine groups is 2. The molecule has 1 heterocycles. The molecule has 0 radical (unpaired) electrons. The van der Waals surface area contributed by atoms with Crippen LogP contribution < -0.4 is 0 Å². The topological polar surface area (TPSA) is 38.8 Å². The third-order valence-corrected chi connectivity index (χ3v) is 5.30. The summed E-state index contributed by atoms with van der Waals surface area (Å²) in [7, 11) is 0. The molecule has 4 aromatic rings. The Hall–Kier alpha value is -3.21. The van der Waals surface area contributed by atoms with Crippen molar-refractivity contribution in [2.75, 3.05) is 6.54 Å². The van der Waals surface area contributed by atoms with Crippen molar-refractivity contribution in [3.8, 4) is 0 Å². The summed E-state index contributed by atoms with van der Waals surface area (Å²) in [6.07, 6.45) is -0.818. The predicted octanol–water partition coefficient (Wildman–Crippen LogP) is 5.48. The smallest absolute Gasteiger partial charge is 0.277 e. The molecule has 1 aliphatic heterocycles. The Morgan fingerprint density at radius 2 is 1.45 bits per heavy atom. The van der Waals surface area contributed by atoms with Gasteiger partial charge in [0.1, 0.15) is 0 Å². The van der Waals surface area contributed by atoms with Crippen molar-refractivity contribution < 1.29 is 14.4 Å². The van der Waals surface area contributed by atoms with Crippen molar-refractivity contribution in [1.82, 2.24) is 5.06 Å². The van der Waals surface area contributed by atoms with Crippen LogP contribution in [0, 0.1) is 0 Å². The van der Waals surface area contributed by atoms with Crippen LogP contribution in [-0.2, 0) is 9.57 Å². The van der Waals surface area contributed by atoms with Crippen molar-refractivity contribution in [3.63, 3.8) is 0 Å². The van der Waals surface area contributed by atoms with E-state index < -0.39 is 6.29 Å². The van der Waals surface area contributed by atoms with E-state index in [1.807, 2.05) is 49.4 Å². The SMILES string of the molecule is C[C@H]1CN(C(=O)c2ccccc2)O[C@H](c2c3ccccc3cc3ccccc23)O1. The second kappa shape index (κ2) is 7.32. The standard InChI is InChI=1S/C25H21NO3/c1-17-16-26(24(27)18-9-3-2-4-10-18)29-25(28-17)23-21-13-7-5-11-19(21)15-20-12-6-8-14-22(20)23/h2-15,17,25H,16H2,1H3/t17-,25+/m0/s1. The van der Waals surface area contributed by atoms with Gasteiger partial charge >= 0.3 is 0 Å². The molecule has 0 aromatic heterocycles. The molecule has 2 atom stereocenters. The first-order chi connectivity index (χ1) is 14.2. The number of fused-ring (bicyclic) bond motifs is 2. The van der Waals surface area contributed by atoms with Gasteiger partial charge in [0, 0.05) is 11.1 Å². The van der Waals surface area contributed by atoms with Crippen molar-refractivity contribution in [3.05, 3.63) is 96.1 Å². The van der Waals surface area contributed by atoms with E-state index in [9.17, 15) is 4.79 Å². The maximum Gasteiger partial charge on any atom is 0.277 e. The Balaban J connectivity index is 1.61. The Labute approximate surface area is 169 Å². The lowest BCUT2D eigenvalue weighted by atomic mass is 9.96. The van der Waals surface area contributed by atoms with Gasteiger partial charge in [-0.05, 0) is 46.7 Å². The van der Waals surface area contributed by atoms with E-state index >= 15 is 0 Å². The van der Waals surface area contributed by atoms with Crippen LogP contribution in [0.1, 0.15) is 29.1 Å². The summed E-state index contributed by atoms with van der Waals surface area (Å²) < 4.78 is 6.19. The fourth-order valence-electron chi connectivity index (χ4n) is 3.95. The highest BCUT2D eigenvalue weighted by molar-refractivity contribution is 6.02. The van der Waals surface area contributed by atoms with Gasteiger partial charge in [0.25, 0.3) is 5.91 Å². The zero-order valence-corrected chi connectivity index (χ0v) is 16.1. The summed E-state index contributed by atoms with van der Waals surface area (Å²) in [5.41, 5.74) is 1.55. The summed E-state index contributed by atoms with van der Waals surface area (Å²) in [5.74, 6) is -0.157. The molecule has 0 spiro atoms. The van der Waals surface area contributed by atoms with Crippen LogP contribution in [0.2, 0.25) is 0 Å². The van der Waals surface area contributed by atoms with E-state index in [1.54, 1.807) is 12.1 Å². The first kappa shape index (κ1) is 17.9. The summed E-state index contributed by atoms with van der Waals surface area (Å²) >= 11 is 0. The van der Waals surface area contributed by atoms with Crippen LogP contribution >= 0.6 is 0 Å². The number of hydrogen-bond acceptors (Lipinski definition) is 3. The van der Waals surface area contributed by atoms with Crippen LogP contribution in [0.5, 0.6) is 0 Å². The largest absolute Gasteiger partial charge is 0.341 e. The highest BCUT2D eigenvalue weighted by Crippen LogP contribution is 2.37. The minimum absolute atomic E-state index is 0.154. The number of carbonyl (C=O) groups is 1. The predicted molar refractivity (Wildman–Crippen MR) is 113 cm³/mol. The Morgan fingerprint density at radius 1 is 0.862 bits per heavy atom. The number of ether oxygens (including phenoxy) is 1. The highest BCUT2D eigenvalue weighted by atomic mass is 16.8. The van der Waals surface area contributed by atoms with Crippen molar-refractivity contribution in [2.45, 2.75) is 19.3 Å². The van der Waals surface area contributed by atoms with Crippen LogP contribution in [-0.4, -0.2) is 23.6 Å². The Bertz CT molecular complexity index is 1130. The first-order valence-electron chi connectivity index (χ1n) is 9.80. The molecule has 29 heavy (non-hydrogen) atoms. The van der Waals surface area contributed by atoms with Gasteiger partial charge in [0.05, 0.1) is 12.6 Å². The van der Waals surface area contributed by atoms with Gasteiger partial charge in [-0.15, -0.1) is 0 Å². The third kappa shape index (κ3) is 3.27. The quantitative estimate of drug-likeness (QED) is 0.430. The molecule has 4 aromatic carbocycles. The zero-order valence-electron chi connectivity index (χ0n) is 16.1. The minimum atomic E-state index is -0.664. The normalized spacial score (nSPS) is 19.6. The number of amides is 1. The van der Waals surface area contributed by atoms with Gasteiger partial charge in [-0.25, -0.2) is 9.90 Å². The van der Waals surface area contributed by atoms with Gasteiger partial charge in [0.15, 0.2) is 0 Å². The molecule has 0 aliphatic carbocycles. The molecular formula is C25H21NO3. The molecule has 0 N–H and O–H groups in total. The second-order valence-corrected chi connectivity index (χ2v) is 7.35. The average Bonchev–Trinajstić information content (AvgIpc) is 2.77. The summed E-state index contributed by atoms with van der Waals surface area (Å²) in [6, 6.07) is 27.8. The monoisotopic (exact) mass is 383 g/mol. The number of benzene rings is 4. The number of rotatable bonds is 2. The van der Waals surface area contributed by atoms with E-state index in [1.165, 1.54) is 5.06 Å². The molecule has 1 aliphatic rings. The van der Waals surface area contributed by atoms with Gasteiger partial charge in [-0.1, -0.05) is 66.7 Å². The van der Waals surface area contributed by atoms with E-state index in [2.05, 4.69) is 30.3 Å². The third-order valence-electron chi connectivity index (χ3n) is 5.30. The molecule has 4 heteroatoms. The highest BCUT2D eigenvalue weighted by Gasteiger charge is 2.33. The molecule has 1 saturated heterocycles. The Kier molecular flexibility index (Phi) is 4.51. The summed E-state index contributed by atoms with van der Waals surface area (Å²) in [6.45, 7) is 2.35. The van der Waals surface area contributed by atoms with E-state index in [0.29, 0.717) is 12.1 Å². The number of hydrogen-bond donors (Lipinski definition) is 0. The maximum atomic E-state index is 13.0. The molecule has 0 saturated carbocycles. The van der Waals surface area contributed by atoms with Crippen molar-refractivity contribution in [1.29, 1.82) is 0 Å². The van der Waals surface area contributed by atoms with E-state index in [-0.39, 0.29) is 12.0 Å². The average molecular weight is 383 g/mol. The molecule has 1 fully saturated rings. The lowest BCUT2D eigenvalue weighted by Crippen LogP contribution is -2.44. The maximum absolute atomic E-state index is 13.0. The van der Waals surface area contributed by atoms with Crippen LogP contribution in [0.3, 0.4) is 0 Å². The fraction of sp³-hybridized carbons (Fsp3) is 0.160. The second-order valence-electron chi connectivity index (χ2n) is 7.35. The molecule has 0 bridgehead atoms. The van der Waals surface area contributed by atoms with E-state index in [4.69, 9.17) is 9.57 Å². The minimum Gasteiger partial charge on any atom is -0.341 e. The van der Waals surface area contributed by atoms with Crippen molar-refractivity contribution in [2.24, 2.45) is 0 Å². The number of carbonyl (C=O) groups excluding carboxylic acids is 1. The lowest BCUT2D eigenvalue weighted by Gasteiger charge is -2.36. The van der Waals surface area contributed by atoms with Gasteiger partial charge < -0.3 is 4.74 Å². The summed E-state index contributed by atoms with van der Waals surface area (Å²) in [5, 5.41) is 5.81. The van der Waals surface area contributed by atoms with Gasteiger partial charge in [-0.2, -0.15) is 0 Å². The van der Waals surface area contributed by atoms with Gasteiger partial charge in [0.2, 0.25) is 6.29 Å². The van der Waals surface area contributed by atoms with Gasteiger partial charge in [-0.3, -0.25) is 4.79 Å². The van der Waals surface area contributed by atoms with E-state index in [0.717, 1.165) is 27.1 Å². The zero-order chi connectivity index (χ0) is 19.8. The lowest BCUT2D eigenvalue weighted by molar-refractivity contribution is -0.319.